The Morgan fingerprint density at radius 2 is 1.73 bits per heavy atom. The quantitative estimate of drug-likeness (QED) is 0.549. The van der Waals surface area contributed by atoms with Crippen LogP contribution in [0.15, 0.2) is 77.7 Å². The van der Waals surface area contributed by atoms with Crippen molar-refractivity contribution < 1.29 is 22.7 Å². The number of carbonyl (C=O) groups is 1. The van der Waals surface area contributed by atoms with Crippen molar-refractivity contribution in [1.82, 2.24) is 5.32 Å². The van der Waals surface area contributed by atoms with Crippen LogP contribution in [0.3, 0.4) is 0 Å². The largest absolute Gasteiger partial charge is 0.486 e. The second kappa shape index (κ2) is 9.72. The molecule has 0 saturated carbocycles. The van der Waals surface area contributed by atoms with E-state index in [1.54, 1.807) is 49.4 Å². The van der Waals surface area contributed by atoms with E-state index in [4.69, 9.17) is 21.1 Å². The summed E-state index contributed by atoms with van der Waals surface area (Å²) in [5.41, 5.74) is 0.903. The van der Waals surface area contributed by atoms with Gasteiger partial charge in [-0.3, -0.25) is 9.10 Å². The normalized spacial score (nSPS) is 15.0. The Hall–Kier alpha value is -3.23. The molecule has 7 nitrogen and oxygen atoms in total. The molecule has 1 aliphatic rings. The first kappa shape index (κ1) is 22.9. The van der Waals surface area contributed by atoms with Crippen LogP contribution in [-0.4, -0.2) is 40.1 Å². The third-order valence-electron chi connectivity index (χ3n) is 5.22. The van der Waals surface area contributed by atoms with Gasteiger partial charge in [0.1, 0.15) is 19.3 Å². The molecule has 1 atom stereocenters. The molecule has 0 aliphatic carbocycles. The van der Waals surface area contributed by atoms with E-state index in [1.165, 1.54) is 12.1 Å². The molecule has 0 fully saturated rings. The molecule has 3 aromatic carbocycles. The van der Waals surface area contributed by atoms with Crippen LogP contribution < -0.4 is 19.1 Å². The first-order chi connectivity index (χ1) is 15.9. The van der Waals surface area contributed by atoms with Gasteiger partial charge in [0.15, 0.2) is 11.5 Å². The predicted molar refractivity (Wildman–Crippen MR) is 127 cm³/mol. The fraction of sp³-hybridized carbons (Fsp3) is 0.208. The van der Waals surface area contributed by atoms with Crippen molar-refractivity contribution in [3.05, 3.63) is 83.4 Å². The van der Waals surface area contributed by atoms with Gasteiger partial charge >= 0.3 is 0 Å². The Kier molecular flexibility index (Phi) is 6.76. The molecular weight excluding hydrogens is 464 g/mol. The molecule has 0 aromatic heterocycles. The summed E-state index contributed by atoms with van der Waals surface area (Å²) < 4.78 is 39.5. The van der Waals surface area contributed by atoms with Crippen LogP contribution in [0.5, 0.6) is 11.5 Å². The minimum atomic E-state index is -4.01. The van der Waals surface area contributed by atoms with Crippen molar-refractivity contribution in [2.75, 3.05) is 24.0 Å². The Bertz CT molecular complexity index is 1250. The summed E-state index contributed by atoms with van der Waals surface area (Å²) in [6.45, 7) is 1.74. The van der Waals surface area contributed by atoms with Crippen molar-refractivity contribution in [3.63, 3.8) is 0 Å². The second-order valence-corrected chi connectivity index (χ2v) is 9.78. The molecule has 0 bridgehead atoms. The van der Waals surface area contributed by atoms with Gasteiger partial charge < -0.3 is 14.8 Å². The average Bonchev–Trinajstić information content (AvgIpc) is 2.83. The van der Waals surface area contributed by atoms with Gasteiger partial charge in [0.05, 0.1) is 17.1 Å². The fourth-order valence-electron chi connectivity index (χ4n) is 3.46. The highest BCUT2D eigenvalue weighted by molar-refractivity contribution is 7.92. The molecule has 0 spiro atoms. The highest BCUT2D eigenvalue weighted by Crippen LogP contribution is 2.32. The number of nitrogens with zero attached hydrogens (tertiary/aromatic N) is 1. The van der Waals surface area contributed by atoms with E-state index < -0.39 is 28.6 Å². The van der Waals surface area contributed by atoms with Crippen LogP contribution in [0, 0.1) is 6.92 Å². The summed E-state index contributed by atoms with van der Waals surface area (Å²) >= 11 is 6.24. The van der Waals surface area contributed by atoms with Crippen molar-refractivity contribution in [2.45, 2.75) is 17.9 Å². The minimum Gasteiger partial charge on any atom is -0.486 e. The molecule has 1 aliphatic heterocycles. The first-order valence-electron chi connectivity index (χ1n) is 10.3. The van der Waals surface area contributed by atoms with Crippen LogP contribution in [-0.2, 0) is 14.8 Å². The number of sulfonamides is 1. The summed E-state index contributed by atoms with van der Waals surface area (Å²) in [7, 11) is -4.01. The molecule has 1 amide bonds. The van der Waals surface area contributed by atoms with Crippen LogP contribution in [0.25, 0.3) is 0 Å². The van der Waals surface area contributed by atoms with Crippen LogP contribution in [0.1, 0.15) is 5.56 Å². The average molecular weight is 487 g/mol. The summed E-state index contributed by atoms with van der Waals surface area (Å²) in [6.07, 6.45) is -0.393. The van der Waals surface area contributed by atoms with Crippen LogP contribution >= 0.6 is 11.6 Å². The van der Waals surface area contributed by atoms with Gasteiger partial charge in [0.25, 0.3) is 10.0 Å². The van der Waals surface area contributed by atoms with Gasteiger partial charge in [-0.05, 0) is 48.9 Å². The SMILES string of the molecule is Cc1c(Cl)cccc1N(CC(=O)NC[C@@H]1COc2ccccc2O1)S(=O)(=O)c1ccccc1. The van der Waals surface area contributed by atoms with E-state index in [9.17, 15) is 13.2 Å². The number of benzene rings is 3. The van der Waals surface area contributed by atoms with Gasteiger partial charge in [-0.25, -0.2) is 8.42 Å². The van der Waals surface area contributed by atoms with Crippen molar-refractivity contribution >= 4 is 33.2 Å². The third-order valence-corrected chi connectivity index (χ3v) is 7.40. The molecule has 0 radical (unpaired) electrons. The van der Waals surface area contributed by atoms with Gasteiger partial charge in [0, 0.05) is 5.02 Å². The van der Waals surface area contributed by atoms with Crippen LogP contribution in [0.2, 0.25) is 5.02 Å². The number of anilines is 1. The molecular formula is C24H23ClN2O5S. The van der Waals surface area contributed by atoms with E-state index in [1.807, 2.05) is 18.2 Å². The van der Waals surface area contributed by atoms with Crippen molar-refractivity contribution in [1.29, 1.82) is 0 Å². The first-order valence-corrected chi connectivity index (χ1v) is 12.2. The van der Waals surface area contributed by atoms with Crippen molar-refractivity contribution in [2.24, 2.45) is 0 Å². The zero-order valence-corrected chi connectivity index (χ0v) is 19.5. The number of carbonyl (C=O) groups excluding carboxylic acids is 1. The maximum absolute atomic E-state index is 13.4. The molecule has 3 aromatic rings. The Labute approximate surface area is 197 Å². The van der Waals surface area contributed by atoms with Gasteiger partial charge in [-0.2, -0.15) is 0 Å². The number of ether oxygens (including phenoxy) is 2. The topological polar surface area (TPSA) is 84.9 Å². The smallest absolute Gasteiger partial charge is 0.264 e. The van der Waals surface area contributed by atoms with Crippen LogP contribution in [0.4, 0.5) is 5.69 Å². The Morgan fingerprint density at radius 3 is 2.48 bits per heavy atom. The van der Waals surface area contributed by atoms with E-state index >= 15 is 0 Å². The minimum absolute atomic E-state index is 0.0813. The summed E-state index contributed by atoms with van der Waals surface area (Å²) in [4.78, 5) is 12.9. The van der Waals surface area contributed by atoms with E-state index in [2.05, 4.69) is 5.32 Å². The number of fused-ring (bicyclic) bond motifs is 1. The lowest BCUT2D eigenvalue weighted by molar-refractivity contribution is -0.120. The lowest BCUT2D eigenvalue weighted by Crippen LogP contribution is -2.45. The van der Waals surface area contributed by atoms with E-state index in [0.29, 0.717) is 27.8 Å². The Balaban J connectivity index is 1.52. The second-order valence-electron chi connectivity index (χ2n) is 7.51. The maximum atomic E-state index is 13.4. The van der Waals surface area contributed by atoms with E-state index in [0.717, 1.165) is 4.31 Å². The molecule has 33 heavy (non-hydrogen) atoms. The molecule has 0 unspecified atom stereocenters. The summed E-state index contributed by atoms with van der Waals surface area (Å²) in [5, 5.41) is 3.17. The highest BCUT2D eigenvalue weighted by atomic mass is 35.5. The fourth-order valence-corrected chi connectivity index (χ4v) is 5.13. The zero-order chi connectivity index (χ0) is 23.4. The third kappa shape index (κ3) is 5.07. The highest BCUT2D eigenvalue weighted by Gasteiger charge is 2.29. The van der Waals surface area contributed by atoms with Crippen molar-refractivity contribution in [3.8, 4) is 11.5 Å². The number of hydrogen-bond donors (Lipinski definition) is 1. The summed E-state index contributed by atoms with van der Waals surface area (Å²) in [6, 6.07) is 20.2. The molecule has 1 heterocycles. The molecule has 1 N–H and O–H groups in total. The van der Waals surface area contributed by atoms with Gasteiger partial charge in [0.2, 0.25) is 5.91 Å². The summed E-state index contributed by atoms with van der Waals surface area (Å²) in [5.74, 6) is 0.777. The number of rotatable bonds is 7. The van der Waals surface area contributed by atoms with Gasteiger partial charge in [-0.1, -0.05) is 48.0 Å². The molecule has 0 saturated heterocycles. The lowest BCUT2D eigenvalue weighted by atomic mass is 10.2. The standard InChI is InChI=1S/C24H23ClN2O5S/c1-17-20(25)10-7-11-21(17)27(33(29,30)19-8-3-2-4-9-19)15-24(28)26-14-18-16-31-22-12-5-6-13-23(22)32-18/h2-13,18H,14-16H2,1H3,(H,26,28)/t18-/m1/s1. The monoisotopic (exact) mass is 486 g/mol. The van der Waals surface area contributed by atoms with E-state index in [-0.39, 0.29) is 18.0 Å². The Morgan fingerprint density at radius 1 is 1.03 bits per heavy atom. The number of hydrogen-bond acceptors (Lipinski definition) is 5. The number of amides is 1. The molecule has 172 valence electrons. The molecule has 9 heteroatoms. The number of para-hydroxylation sites is 2. The zero-order valence-electron chi connectivity index (χ0n) is 17.9. The molecule has 4 rings (SSSR count). The number of halogens is 1. The maximum Gasteiger partial charge on any atom is 0.264 e. The van der Waals surface area contributed by atoms with Gasteiger partial charge in [-0.15, -0.1) is 0 Å². The number of nitrogens with one attached hydrogen (secondary N) is 1. The predicted octanol–water partition coefficient (Wildman–Crippen LogP) is 3.80. The lowest BCUT2D eigenvalue weighted by Gasteiger charge is -2.28.